The molecule has 106 valence electrons. The SMILES string of the molecule is CCNC(C)c1nnc(-c2cccc(C)c2[N+](=O)[O-])s1. The van der Waals surface area contributed by atoms with Crippen LogP contribution in [0.1, 0.15) is 30.5 Å². The number of nitrogens with one attached hydrogen (secondary N) is 1. The topological polar surface area (TPSA) is 81.0 Å². The summed E-state index contributed by atoms with van der Waals surface area (Å²) in [7, 11) is 0. The molecule has 2 aromatic rings. The number of nitrogens with zero attached hydrogens (tertiary/aromatic N) is 3. The fourth-order valence-corrected chi connectivity index (χ4v) is 2.88. The lowest BCUT2D eigenvalue weighted by Crippen LogP contribution is -2.17. The number of rotatable bonds is 5. The van der Waals surface area contributed by atoms with Crippen LogP contribution in [0.25, 0.3) is 10.6 Å². The molecule has 0 aliphatic carbocycles. The highest BCUT2D eigenvalue weighted by Crippen LogP contribution is 2.35. The summed E-state index contributed by atoms with van der Waals surface area (Å²) in [6.45, 7) is 6.58. The molecule has 2 rings (SSSR count). The Labute approximate surface area is 121 Å². The molecule has 1 atom stereocenters. The summed E-state index contributed by atoms with van der Waals surface area (Å²) >= 11 is 1.39. The molecule has 20 heavy (non-hydrogen) atoms. The van der Waals surface area contributed by atoms with E-state index in [1.165, 1.54) is 11.3 Å². The minimum atomic E-state index is -0.362. The van der Waals surface area contributed by atoms with Gasteiger partial charge in [-0.05, 0) is 26.5 Å². The highest BCUT2D eigenvalue weighted by atomic mass is 32.1. The van der Waals surface area contributed by atoms with Crippen LogP contribution in [0.2, 0.25) is 0 Å². The number of nitro groups is 1. The van der Waals surface area contributed by atoms with Crippen molar-refractivity contribution >= 4 is 17.0 Å². The second kappa shape index (κ2) is 6.06. The summed E-state index contributed by atoms with van der Waals surface area (Å²) < 4.78 is 0. The predicted octanol–water partition coefficient (Wildman–Crippen LogP) is 3.09. The van der Waals surface area contributed by atoms with Crippen molar-refractivity contribution in [1.29, 1.82) is 0 Å². The third kappa shape index (κ3) is 2.83. The number of hydrogen-bond donors (Lipinski definition) is 1. The van der Waals surface area contributed by atoms with Crippen LogP contribution in [0.15, 0.2) is 18.2 Å². The number of hydrogen-bond acceptors (Lipinski definition) is 6. The Morgan fingerprint density at radius 1 is 1.45 bits per heavy atom. The van der Waals surface area contributed by atoms with Crippen LogP contribution in [0.4, 0.5) is 5.69 Å². The lowest BCUT2D eigenvalue weighted by Gasteiger charge is -2.06. The van der Waals surface area contributed by atoms with Crippen molar-refractivity contribution in [1.82, 2.24) is 15.5 Å². The van der Waals surface area contributed by atoms with Gasteiger partial charge in [-0.1, -0.05) is 30.4 Å². The zero-order valence-corrected chi connectivity index (χ0v) is 12.4. The summed E-state index contributed by atoms with van der Waals surface area (Å²) in [5.74, 6) is 0. The minimum Gasteiger partial charge on any atom is -0.308 e. The van der Waals surface area contributed by atoms with Gasteiger partial charge in [0, 0.05) is 5.56 Å². The van der Waals surface area contributed by atoms with Gasteiger partial charge in [-0.15, -0.1) is 10.2 Å². The molecule has 0 aliphatic heterocycles. The molecule has 0 saturated heterocycles. The van der Waals surface area contributed by atoms with E-state index >= 15 is 0 Å². The van der Waals surface area contributed by atoms with Crippen molar-refractivity contribution in [2.75, 3.05) is 6.54 Å². The van der Waals surface area contributed by atoms with E-state index in [0.717, 1.165) is 11.6 Å². The molecule has 1 aromatic heterocycles. The Morgan fingerprint density at radius 2 is 2.20 bits per heavy atom. The van der Waals surface area contributed by atoms with Crippen molar-refractivity contribution in [2.24, 2.45) is 0 Å². The molecule has 1 N–H and O–H groups in total. The Balaban J connectivity index is 2.43. The smallest absolute Gasteiger partial charge is 0.282 e. The van der Waals surface area contributed by atoms with Crippen LogP contribution in [0.3, 0.4) is 0 Å². The molecule has 0 amide bonds. The number of aromatic nitrogens is 2. The van der Waals surface area contributed by atoms with Crippen molar-refractivity contribution < 1.29 is 4.92 Å². The Hall–Kier alpha value is -1.86. The molecule has 0 aliphatic rings. The van der Waals surface area contributed by atoms with Crippen molar-refractivity contribution in [3.05, 3.63) is 38.9 Å². The second-order valence-corrected chi connectivity index (χ2v) is 5.46. The predicted molar refractivity (Wildman–Crippen MR) is 78.8 cm³/mol. The molecule has 1 aromatic carbocycles. The van der Waals surface area contributed by atoms with Gasteiger partial charge in [0.2, 0.25) is 0 Å². The lowest BCUT2D eigenvalue weighted by molar-refractivity contribution is -0.384. The monoisotopic (exact) mass is 292 g/mol. The molecule has 6 nitrogen and oxygen atoms in total. The quantitative estimate of drug-likeness (QED) is 0.676. The molecule has 0 bridgehead atoms. The van der Waals surface area contributed by atoms with Crippen LogP contribution in [0.5, 0.6) is 0 Å². The molecule has 1 unspecified atom stereocenters. The van der Waals surface area contributed by atoms with Gasteiger partial charge < -0.3 is 5.32 Å². The van der Waals surface area contributed by atoms with Gasteiger partial charge in [-0.25, -0.2) is 0 Å². The van der Waals surface area contributed by atoms with E-state index in [4.69, 9.17) is 0 Å². The summed E-state index contributed by atoms with van der Waals surface area (Å²) in [5, 5.41) is 24.1. The molecule has 1 heterocycles. The average Bonchev–Trinajstić information content (AvgIpc) is 2.87. The Kier molecular flexibility index (Phi) is 4.41. The maximum atomic E-state index is 11.2. The van der Waals surface area contributed by atoms with E-state index in [9.17, 15) is 10.1 Å². The van der Waals surface area contributed by atoms with E-state index < -0.39 is 0 Å². The van der Waals surface area contributed by atoms with E-state index in [1.807, 2.05) is 13.8 Å². The summed E-state index contributed by atoms with van der Waals surface area (Å²) in [6, 6.07) is 5.33. The van der Waals surface area contributed by atoms with E-state index in [0.29, 0.717) is 16.1 Å². The Bertz CT molecular complexity index is 627. The average molecular weight is 292 g/mol. The van der Waals surface area contributed by atoms with Crippen molar-refractivity contribution in [3.63, 3.8) is 0 Å². The maximum Gasteiger partial charge on any atom is 0.282 e. The Morgan fingerprint density at radius 3 is 2.85 bits per heavy atom. The largest absolute Gasteiger partial charge is 0.308 e. The lowest BCUT2D eigenvalue weighted by atomic mass is 10.1. The van der Waals surface area contributed by atoms with Gasteiger partial charge >= 0.3 is 0 Å². The van der Waals surface area contributed by atoms with E-state index in [2.05, 4.69) is 15.5 Å². The molecule has 7 heteroatoms. The zero-order chi connectivity index (χ0) is 14.7. The van der Waals surface area contributed by atoms with Gasteiger partial charge in [0.05, 0.1) is 16.5 Å². The molecule has 0 fully saturated rings. The fraction of sp³-hybridized carbons (Fsp3) is 0.385. The second-order valence-electron chi connectivity index (χ2n) is 4.45. The van der Waals surface area contributed by atoms with Gasteiger partial charge in [0.25, 0.3) is 5.69 Å². The zero-order valence-electron chi connectivity index (χ0n) is 11.6. The first-order chi connectivity index (χ1) is 9.54. The number of benzene rings is 1. The van der Waals surface area contributed by atoms with Crippen LogP contribution >= 0.6 is 11.3 Å². The first kappa shape index (κ1) is 14.5. The highest BCUT2D eigenvalue weighted by molar-refractivity contribution is 7.14. The highest BCUT2D eigenvalue weighted by Gasteiger charge is 2.22. The number of para-hydroxylation sites is 1. The molecule has 0 radical (unpaired) electrons. The van der Waals surface area contributed by atoms with Gasteiger partial charge in [-0.3, -0.25) is 10.1 Å². The van der Waals surface area contributed by atoms with Gasteiger partial charge in [0.15, 0.2) is 5.01 Å². The van der Waals surface area contributed by atoms with E-state index in [-0.39, 0.29) is 16.7 Å². The summed E-state index contributed by atoms with van der Waals surface area (Å²) in [4.78, 5) is 10.8. The molecular weight excluding hydrogens is 276 g/mol. The molecular formula is C13H16N4O2S. The number of nitro benzene ring substituents is 1. The first-order valence-corrected chi connectivity index (χ1v) is 7.17. The van der Waals surface area contributed by atoms with Crippen LogP contribution < -0.4 is 5.32 Å². The molecule has 0 saturated carbocycles. The molecule has 0 spiro atoms. The fourth-order valence-electron chi connectivity index (χ4n) is 1.99. The van der Waals surface area contributed by atoms with Crippen LogP contribution in [-0.4, -0.2) is 21.7 Å². The number of aryl methyl sites for hydroxylation is 1. The summed E-state index contributed by atoms with van der Waals surface area (Å²) in [5.41, 5.74) is 1.26. The van der Waals surface area contributed by atoms with Crippen LogP contribution in [-0.2, 0) is 0 Å². The van der Waals surface area contributed by atoms with Gasteiger partial charge in [-0.2, -0.15) is 0 Å². The maximum absolute atomic E-state index is 11.2. The standard InChI is InChI=1S/C13H16N4O2S/c1-4-14-9(3)12-15-16-13(20-12)10-7-5-6-8(2)11(10)17(18)19/h5-7,9,14H,4H2,1-3H3. The first-order valence-electron chi connectivity index (χ1n) is 6.35. The normalized spacial score (nSPS) is 12.3. The van der Waals surface area contributed by atoms with Gasteiger partial charge in [0.1, 0.15) is 5.01 Å². The van der Waals surface area contributed by atoms with Crippen LogP contribution in [0, 0.1) is 17.0 Å². The summed E-state index contributed by atoms with van der Waals surface area (Å²) in [6.07, 6.45) is 0. The van der Waals surface area contributed by atoms with Crippen molar-refractivity contribution in [2.45, 2.75) is 26.8 Å². The third-order valence-electron chi connectivity index (χ3n) is 2.97. The van der Waals surface area contributed by atoms with Crippen molar-refractivity contribution in [3.8, 4) is 10.6 Å². The van der Waals surface area contributed by atoms with E-state index in [1.54, 1.807) is 25.1 Å². The minimum absolute atomic E-state index is 0.0927. The third-order valence-corrected chi connectivity index (χ3v) is 4.11.